The molecule has 0 bridgehead atoms. The van der Waals surface area contributed by atoms with E-state index in [-0.39, 0.29) is 25.5 Å². The molecule has 0 saturated carbocycles. The normalized spacial score (nSPS) is 13.1. The highest BCUT2D eigenvalue weighted by atomic mass is 16.3. The van der Waals surface area contributed by atoms with Gasteiger partial charge in [0.05, 0.1) is 25.1 Å². The number of urea groups is 2. The van der Waals surface area contributed by atoms with Gasteiger partial charge in [-0.3, -0.25) is 14.5 Å². The highest BCUT2D eigenvalue weighted by Crippen LogP contribution is 2.19. The van der Waals surface area contributed by atoms with Crippen LogP contribution in [0.4, 0.5) is 15.3 Å². The molecule has 6 N–H and O–H groups in total. The third-order valence-electron chi connectivity index (χ3n) is 7.92. The van der Waals surface area contributed by atoms with Gasteiger partial charge in [0, 0.05) is 24.8 Å². The lowest BCUT2D eigenvalue weighted by Gasteiger charge is -2.33. The third-order valence-corrected chi connectivity index (χ3v) is 7.92. The van der Waals surface area contributed by atoms with Crippen molar-refractivity contribution in [2.75, 3.05) is 18.5 Å². The van der Waals surface area contributed by atoms with E-state index in [4.69, 9.17) is 5.73 Å². The molecule has 258 valence electrons. The second kappa shape index (κ2) is 16.6. The Morgan fingerprint density at radius 2 is 1.39 bits per heavy atom. The van der Waals surface area contributed by atoms with Gasteiger partial charge in [-0.05, 0) is 67.3 Å². The molecular formula is C38H46N6O5. The number of fused-ring (bicyclic) bond motifs is 1. The zero-order valence-corrected chi connectivity index (χ0v) is 28.4. The quantitative estimate of drug-likeness (QED) is 0.144. The largest absolute Gasteiger partial charge is 0.389 e. The fourth-order valence-corrected chi connectivity index (χ4v) is 5.39. The molecule has 0 heterocycles. The molecule has 4 aromatic rings. The van der Waals surface area contributed by atoms with Gasteiger partial charge >= 0.3 is 12.1 Å². The third kappa shape index (κ3) is 11.1. The minimum absolute atomic E-state index is 0.129. The number of carbonyl (C=O) groups excluding carboxylic acids is 4. The van der Waals surface area contributed by atoms with Crippen LogP contribution < -0.4 is 26.6 Å². The van der Waals surface area contributed by atoms with Crippen molar-refractivity contribution in [3.63, 3.8) is 0 Å². The molecule has 4 aromatic carbocycles. The van der Waals surface area contributed by atoms with E-state index in [2.05, 4.69) is 16.0 Å². The van der Waals surface area contributed by atoms with Crippen molar-refractivity contribution in [2.24, 2.45) is 5.73 Å². The average molecular weight is 667 g/mol. The maximum Gasteiger partial charge on any atom is 0.322 e. The van der Waals surface area contributed by atoms with Crippen LogP contribution in [0.25, 0.3) is 10.8 Å². The lowest BCUT2D eigenvalue weighted by molar-refractivity contribution is -0.128. The molecule has 4 rings (SSSR count). The zero-order chi connectivity index (χ0) is 35.6. The Hall–Kier alpha value is -5.42. The van der Waals surface area contributed by atoms with Crippen molar-refractivity contribution in [2.45, 2.75) is 63.9 Å². The number of hydrogen-bond donors (Lipinski definition) is 5. The molecule has 0 aliphatic rings. The van der Waals surface area contributed by atoms with Crippen LogP contribution in [0.1, 0.15) is 38.3 Å². The predicted molar refractivity (Wildman–Crippen MR) is 192 cm³/mol. The molecule has 0 fully saturated rings. The molecule has 3 atom stereocenters. The first-order valence-electron chi connectivity index (χ1n) is 16.2. The fraction of sp³-hybridized carbons (Fsp3) is 0.316. The Kier molecular flexibility index (Phi) is 12.3. The van der Waals surface area contributed by atoms with Crippen LogP contribution in [0.3, 0.4) is 0 Å². The van der Waals surface area contributed by atoms with Crippen LogP contribution >= 0.6 is 0 Å². The summed E-state index contributed by atoms with van der Waals surface area (Å²) < 4.78 is 0. The summed E-state index contributed by atoms with van der Waals surface area (Å²) in [7, 11) is 1.54. The molecule has 0 saturated heterocycles. The number of benzene rings is 4. The van der Waals surface area contributed by atoms with Crippen LogP contribution in [0.15, 0.2) is 103 Å². The zero-order valence-electron chi connectivity index (χ0n) is 28.4. The summed E-state index contributed by atoms with van der Waals surface area (Å²) in [6.07, 6.45) is -1.50. The summed E-state index contributed by atoms with van der Waals surface area (Å²) in [5, 5.41) is 22.3. The van der Waals surface area contributed by atoms with Crippen LogP contribution in [0, 0.1) is 0 Å². The van der Waals surface area contributed by atoms with Crippen LogP contribution in [-0.2, 0) is 22.6 Å². The van der Waals surface area contributed by atoms with Gasteiger partial charge in [0.2, 0.25) is 11.8 Å². The maximum absolute atomic E-state index is 13.7. The Morgan fingerprint density at radius 1 is 0.776 bits per heavy atom. The minimum Gasteiger partial charge on any atom is -0.389 e. The first kappa shape index (κ1) is 36.4. The fourth-order valence-electron chi connectivity index (χ4n) is 5.39. The van der Waals surface area contributed by atoms with Gasteiger partial charge in [0.1, 0.15) is 6.04 Å². The van der Waals surface area contributed by atoms with E-state index in [9.17, 15) is 24.3 Å². The van der Waals surface area contributed by atoms with Gasteiger partial charge < -0.3 is 31.7 Å². The molecule has 11 nitrogen and oxygen atoms in total. The smallest absolute Gasteiger partial charge is 0.322 e. The number of hydrogen-bond acceptors (Lipinski definition) is 5. The van der Waals surface area contributed by atoms with E-state index in [0.29, 0.717) is 5.69 Å². The maximum atomic E-state index is 13.7. The summed E-state index contributed by atoms with van der Waals surface area (Å²) >= 11 is 0. The number of rotatable bonds is 13. The molecule has 0 aliphatic heterocycles. The lowest BCUT2D eigenvalue weighted by atomic mass is 9.99. The first-order valence-corrected chi connectivity index (χ1v) is 16.2. The van der Waals surface area contributed by atoms with Crippen molar-refractivity contribution in [3.8, 4) is 0 Å². The number of nitrogens with one attached hydrogen (secondary N) is 3. The molecular weight excluding hydrogens is 620 g/mol. The summed E-state index contributed by atoms with van der Waals surface area (Å²) in [6, 6.07) is 28.7. The standard InChI is InChI=1S/C38H46N6O5/c1-38(2,3)42-37(49)44(24-27-19-20-28-15-11-12-16-29(28)21-27)25-33(45)31(22-26-13-7-5-8-14-26)40-35(47)32(23-34(39)46)41-36(48)43(4)30-17-9-6-10-18-30/h5-21,31-33,45H,22-25H2,1-4H3,(H2,39,46)(H,40,47)(H,41,48)(H,42,49). The van der Waals surface area contributed by atoms with Gasteiger partial charge in [-0.15, -0.1) is 0 Å². The van der Waals surface area contributed by atoms with Crippen LogP contribution in [0.2, 0.25) is 0 Å². The molecule has 0 radical (unpaired) electrons. The number of aliphatic hydroxyl groups excluding tert-OH is 1. The van der Waals surface area contributed by atoms with E-state index >= 15 is 0 Å². The molecule has 0 spiro atoms. The first-order chi connectivity index (χ1) is 23.3. The highest BCUT2D eigenvalue weighted by molar-refractivity contribution is 5.97. The molecule has 0 aliphatic carbocycles. The number of aliphatic hydroxyl groups is 1. The van der Waals surface area contributed by atoms with Crippen LogP contribution in [-0.4, -0.2) is 71.2 Å². The van der Waals surface area contributed by atoms with Crippen molar-refractivity contribution in [1.82, 2.24) is 20.9 Å². The molecule has 3 unspecified atom stereocenters. The molecule has 6 amide bonds. The Labute approximate surface area is 287 Å². The number of primary amides is 1. The number of anilines is 1. The number of para-hydroxylation sites is 1. The van der Waals surface area contributed by atoms with E-state index in [1.165, 1.54) is 9.80 Å². The number of nitrogens with zero attached hydrogens (tertiary/aromatic N) is 2. The Balaban J connectivity index is 1.58. The molecule has 11 heteroatoms. The van der Waals surface area contributed by atoms with Gasteiger partial charge in [-0.25, -0.2) is 9.59 Å². The van der Waals surface area contributed by atoms with E-state index in [0.717, 1.165) is 21.9 Å². The highest BCUT2D eigenvalue weighted by Gasteiger charge is 2.31. The number of carbonyl (C=O) groups is 4. The van der Waals surface area contributed by atoms with Gasteiger partial charge in [0.25, 0.3) is 0 Å². The van der Waals surface area contributed by atoms with Gasteiger partial charge in [-0.1, -0.05) is 84.9 Å². The van der Waals surface area contributed by atoms with Crippen molar-refractivity contribution in [3.05, 3.63) is 114 Å². The van der Waals surface area contributed by atoms with Crippen molar-refractivity contribution < 1.29 is 24.3 Å². The monoisotopic (exact) mass is 666 g/mol. The minimum atomic E-state index is -1.32. The van der Waals surface area contributed by atoms with Crippen LogP contribution in [0.5, 0.6) is 0 Å². The summed E-state index contributed by atoms with van der Waals surface area (Å²) in [5.74, 6) is -1.49. The summed E-state index contributed by atoms with van der Waals surface area (Å²) in [5.41, 5.74) is 7.20. The van der Waals surface area contributed by atoms with E-state index in [1.807, 2.05) is 99.6 Å². The van der Waals surface area contributed by atoms with Gasteiger partial charge in [-0.2, -0.15) is 0 Å². The number of nitrogens with two attached hydrogens (primary N) is 1. The predicted octanol–water partition coefficient (Wildman–Crippen LogP) is 4.33. The Morgan fingerprint density at radius 3 is 2.02 bits per heavy atom. The lowest BCUT2D eigenvalue weighted by Crippen LogP contribution is -2.58. The average Bonchev–Trinajstić information content (AvgIpc) is 3.06. The summed E-state index contributed by atoms with van der Waals surface area (Å²) in [4.78, 5) is 55.3. The van der Waals surface area contributed by atoms with E-state index in [1.54, 1.807) is 31.3 Å². The second-order valence-corrected chi connectivity index (χ2v) is 13.2. The number of amides is 6. The molecule has 0 aromatic heterocycles. The topological polar surface area (TPSA) is 157 Å². The summed E-state index contributed by atoms with van der Waals surface area (Å²) in [6.45, 7) is 5.68. The van der Waals surface area contributed by atoms with E-state index < -0.39 is 48.0 Å². The second-order valence-electron chi connectivity index (χ2n) is 13.2. The Bertz CT molecular complexity index is 1730. The van der Waals surface area contributed by atoms with Crippen molar-refractivity contribution in [1.29, 1.82) is 0 Å². The van der Waals surface area contributed by atoms with Gasteiger partial charge in [0.15, 0.2) is 0 Å². The SMILES string of the molecule is CN(C(=O)NC(CC(N)=O)C(=O)NC(Cc1ccccc1)C(O)CN(Cc1ccc2ccccc2c1)C(=O)NC(C)(C)C)c1ccccc1. The van der Waals surface area contributed by atoms with Crippen molar-refractivity contribution >= 4 is 40.3 Å². The molecule has 49 heavy (non-hydrogen) atoms.